The quantitative estimate of drug-likeness (QED) is 0.530. The van der Waals surface area contributed by atoms with Crippen LogP contribution in [0.5, 0.6) is 5.75 Å². The van der Waals surface area contributed by atoms with Gasteiger partial charge < -0.3 is 15.2 Å². The monoisotopic (exact) mass is 479 g/mol. The van der Waals surface area contributed by atoms with Crippen LogP contribution in [-0.2, 0) is 11.8 Å². The molecule has 2 N–H and O–H groups in total. The summed E-state index contributed by atoms with van der Waals surface area (Å²) in [4.78, 5) is 0. The fourth-order valence-corrected chi connectivity index (χ4v) is 4.76. The number of aromatic nitrogens is 4. The third kappa shape index (κ3) is 4.79. The molecule has 0 saturated carbocycles. The predicted octanol–water partition coefficient (Wildman–Crippen LogP) is 4.82. The molecular weight excluding hydrogens is 447 g/mol. The van der Waals surface area contributed by atoms with Crippen LogP contribution in [0.3, 0.4) is 0 Å². The molecule has 3 aromatic rings. The highest BCUT2D eigenvalue weighted by Gasteiger charge is 2.41. The molecule has 0 amide bonds. The first-order valence-electron chi connectivity index (χ1n) is 11.6. The molecule has 1 aromatic carbocycles. The number of ether oxygens (including phenoxy) is 1. The molecule has 1 saturated heterocycles. The van der Waals surface area contributed by atoms with Crippen molar-refractivity contribution in [1.29, 1.82) is 0 Å². The van der Waals surface area contributed by atoms with Gasteiger partial charge in [0, 0.05) is 42.2 Å². The van der Waals surface area contributed by atoms with E-state index < -0.39 is 17.3 Å². The average molecular weight is 480 g/mol. The van der Waals surface area contributed by atoms with Gasteiger partial charge in [-0.15, -0.1) is 0 Å². The van der Waals surface area contributed by atoms with Gasteiger partial charge >= 0.3 is 6.18 Å². The number of aliphatic hydroxyl groups is 1. The number of rotatable bonds is 6. The Bertz CT molecular complexity index is 1150. The summed E-state index contributed by atoms with van der Waals surface area (Å²) in [6, 6.07) is 4.12. The van der Waals surface area contributed by atoms with Crippen molar-refractivity contribution in [1.82, 2.24) is 24.9 Å². The van der Waals surface area contributed by atoms with Crippen LogP contribution < -0.4 is 10.1 Å². The Balaban J connectivity index is 1.56. The zero-order chi connectivity index (χ0) is 24.8. The summed E-state index contributed by atoms with van der Waals surface area (Å²) >= 11 is 0. The van der Waals surface area contributed by atoms with Crippen LogP contribution in [0, 0.1) is 0 Å². The average Bonchev–Trinajstić information content (AvgIpc) is 3.38. The van der Waals surface area contributed by atoms with Crippen LogP contribution in [0.4, 0.5) is 13.2 Å². The van der Waals surface area contributed by atoms with Crippen molar-refractivity contribution < 1.29 is 23.0 Å². The first-order valence-corrected chi connectivity index (χ1v) is 11.6. The van der Waals surface area contributed by atoms with Crippen LogP contribution in [0.25, 0.3) is 10.9 Å². The number of hydrogen-bond acceptors (Lipinski definition) is 5. The molecule has 34 heavy (non-hydrogen) atoms. The molecule has 0 spiro atoms. The Hall–Kier alpha value is -2.59. The third-order valence-corrected chi connectivity index (χ3v) is 6.27. The van der Waals surface area contributed by atoms with E-state index in [9.17, 15) is 18.3 Å². The maximum atomic E-state index is 13.9. The summed E-state index contributed by atoms with van der Waals surface area (Å²) in [6.45, 7) is 9.68. The van der Waals surface area contributed by atoms with Gasteiger partial charge in [-0.2, -0.15) is 23.4 Å². The number of nitrogens with one attached hydrogen (secondary N) is 1. The Kier molecular flexibility index (Phi) is 6.41. The second kappa shape index (κ2) is 8.88. The van der Waals surface area contributed by atoms with Crippen LogP contribution in [0.2, 0.25) is 0 Å². The van der Waals surface area contributed by atoms with E-state index >= 15 is 0 Å². The normalized spacial score (nSPS) is 23.9. The molecule has 1 aliphatic heterocycles. The molecule has 10 heteroatoms. The lowest BCUT2D eigenvalue weighted by molar-refractivity contribution is -0.136. The van der Waals surface area contributed by atoms with Gasteiger partial charge in [0.15, 0.2) is 0 Å². The van der Waals surface area contributed by atoms with Crippen molar-refractivity contribution in [3.05, 3.63) is 41.9 Å². The number of piperidine rings is 1. The highest BCUT2D eigenvalue weighted by Crippen LogP contribution is 2.39. The van der Waals surface area contributed by atoms with Gasteiger partial charge in [-0.1, -0.05) is 0 Å². The topological polar surface area (TPSA) is 77.1 Å². The van der Waals surface area contributed by atoms with Gasteiger partial charge in [-0.25, -0.2) is 0 Å². The zero-order valence-electron chi connectivity index (χ0n) is 20.1. The fourth-order valence-electron chi connectivity index (χ4n) is 4.76. The Morgan fingerprint density at radius 3 is 2.56 bits per heavy atom. The van der Waals surface area contributed by atoms with Gasteiger partial charge in [-0.05, 0) is 59.2 Å². The first kappa shape index (κ1) is 24.5. The SMILES string of the molecule is CC1CC(O)(c2ccn(C(C)C)n2)CC(COc2cc(C(F)(F)F)c3c(cnn3C(C)C)c2)N1. The number of alkyl halides is 3. The van der Waals surface area contributed by atoms with Gasteiger partial charge in [-0.3, -0.25) is 9.36 Å². The molecule has 0 bridgehead atoms. The Morgan fingerprint density at radius 1 is 1.21 bits per heavy atom. The highest BCUT2D eigenvalue weighted by molar-refractivity contribution is 5.84. The second-order valence-corrected chi connectivity index (χ2v) is 9.88. The molecule has 3 heterocycles. The van der Waals surface area contributed by atoms with Gasteiger partial charge in [0.1, 0.15) is 18.0 Å². The lowest BCUT2D eigenvalue weighted by atomic mass is 9.82. The summed E-state index contributed by atoms with van der Waals surface area (Å²) in [6.07, 6.45) is -0.440. The van der Waals surface area contributed by atoms with E-state index in [2.05, 4.69) is 15.5 Å². The minimum Gasteiger partial charge on any atom is -0.492 e. The number of benzene rings is 1. The smallest absolute Gasteiger partial charge is 0.418 e. The predicted molar refractivity (Wildman–Crippen MR) is 123 cm³/mol. The molecule has 0 aliphatic carbocycles. The lowest BCUT2D eigenvalue weighted by Crippen LogP contribution is -2.53. The molecule has 0 radical (unpaired) electrons. The molecule has 2 aromatic heterocycles. The largest absolute Gasteiger partial charge is 0.492 e. The maximum absolute atomic E-state index is 13.9. The number of halogens is 3. The van der Waals surface area contributed by atoms with E-state index in [0.717, 1.165) is 6.07 Å². The summed E-state index contributed by atoms with van der Waals surface area (Å²) in [5, 5.41) is 23.8. The molecule has 1 fully saturated rings. The standard InChI is InChI=1S/C24H32F3N5O2/c1-14(2)31-7-6-21(30-31)23(33)10-16(5)29-18(11-23)13-34-19-8-17-12-28-32(15(3)4)22(17)20(9-19)24(25,26)27/h6-9,12,14-16,18,29,33H,10-11,13H2,1-5H3. The fraction of sp³-hybridized carbons (Fsp3) is 0.583. The van der Waals surface area contributed by atoms with Gasteiger partial charge in [0.2, 0.25) is 0 Å². The number of fused-ring (bicyclic) bond motifs is 1. The molecule has 3 unspecified atom stereocenters. The van der Waals surface area contributed by atoms with Crippen molar-refractivity contribution in [3.63, 3.8) is 0 Å². The first-order chi connectivity index (χ1) is 15.9. The molecule has 1 aliphatic rings. The van der Waals surface area contributed by atoms with Crippen molar-refractivity contribution in [3.8, 4) is 5.75 Å². The van der Waals surface area contributed by atoms with Crippen molar-refractivity contribution in [2.75, 3.05) is 6.61 Å². The third-order valence-electron chi connectivity index (χ3n) is 6.27. The minimum absolute atomic E-state index is 0.0194. The maximum Gasteiger partial charge on any atom is 0.418 e. The molecular formula is C24H32F3N5O2. The molecule has 7 nitrogen and oxygen atoms in total. The molecule has 3 atom stereocenters. The van der Waals surface area contributed by atoms with Gasteiger partial charge in [0.25, 0.3) is 0 Å². The Morgan fingerprint density at radius 2 is 1.94 bits per heavy atom. The van der Waals surface area contributed by atoms with Crippen molar-refractivity contribution in [2.24, 2.45) is 0 Å². The summed E-state index contributed by atoms with van der Waals surface area (Å²) in [7, 11) is 0. The molecule has 4 rings (SSSR count). The summed E-state index contributed by atoms with van der Waals surface area (Å²) < 4.78 is 50.6. The summed E-state index contributed by atoms with van der Waals surface area (Å²) in [5.74, 6) is 0.121. The lowest BCUT2D eigenvalue weighted by Gasteiger charge is -2.40. The number of nitrogens with zero attached hydrogens (tertiary/aromatic N) is 4. The van der Waals surface area contributed by atoms with E-state index in [-0.39, 0.29) is 42.0 Å². The van der Waals surface area contributed by atoms with Crippen LogP contribution in [0.15, 0.2) is 30.6 Å². The van der Waals surface area contributed by atoms with Crippen LogP contribution in [0.1, 0.15) is 70.8 Å². The van der Waals surface area contributed by atoms with E-state index in [4.69, 9.17) is 4.74 Å². The van der Waals surface area contributed by atoms with E-state index in [0.29, 0.717) is 23.9 Å². The van der Waals surface area contributed by atoms with E-state index in [1.54, 1.807) is 24.6 Å². The molecule has 186 valence electrons. The van der Waals surface area contributed by atoms with Crippen molar-refractivity contribution in [2.45, 2.75) is 83.4 Å². The van der Waals surface area contributed by atoms with Crippen molar-refractivity contribution >= 4 is 10.9 Å². The van der Waals surface area contributed by atoms with Crippen LogP contribution in [-0.4, -0.2) is 43.4 Å². The zero-order valence-corrected chi connectivity index (χ0v) is 20.1. The highest BCUT2D eigenvalue weighted by atomic mass is 19.4. The minimum atomic E-state index is -4.54. The summed E-state index contributed by atoms with van der Waals surface area (Å²) in [5.41, 5.74) is -1.26. The van der Waals surface area contributed by atoms with Gasteiger partial charge in [0.05, 0.1) is 23.0 Å². The van der Waals surface area contributed by atoms with E-state index in [1.165, 1.54) is 10.9 Å². The second-order valence-electron chi connectivity index (χ2n) is 9.88. The Labute approximate surface area is 196 Å². The van der Waals surface area contributed by atoms with E-state index in [1.807, 2.05) is 33.0 Å². The number of hydrogen-bond donors (Lipinski definition) is 2. The van der Waals surface area contributed by atoms with Crippen LogP contribution >= 0.6 is 0 Å².